The zero-order valence-corrected chi connectivity index (χ0v) is 19.8. The molecule has 0 unspecified atom stereocenters. The van der Waals surface area contributed by atoms with Gasteiger partial charge >= 0.3 is 0 Å². The van der Waals surface area contributed by atoms with Gasteiger partial charge in [0.1, 0.15) is 17.2 Å². The number of nitrogens with zero attached hydrogens (tertiary/aromatic N) is 2. The highest BCUT2D eigenvalue weighted by Gasteiger charge is 2.38. The fourth-order valence-electron chi connectivity index (χ4n) is 4.90. The van der Waals surface area contributed by atoms with Crippen LogP contribution in [0.3, 0.4) is 0 Å². The summed E-state index contributed by atoms with van der Waals surface area (Å²) in [5.41, 5.74) is 3.13. The van der Waals surface area contributed by atoms with Crippen molar-refractivity contribution in [3.63, 3.8) is 0 Å². The first-order valence-corrected chi connectivity index (χ1v) is 11.8. The fourth-order valence-corrected chi connectivity index (χ4v) is 4.90. The minimum atomic E-state index is -0.694. The summed E-state index contributed by atoms with van der Waals surface area (Å²) >= 11 is 0. The van der Waals surface area contributed by atoms with Crippen molar-refractivity contribution >= 4 is 28.6 Å². The van der Waals surface area contributed by atoms with E-state index in [-0.39, 0.29) is 18.4 Å². The number of carbonyl (C=O) groups excluding carboxylic acids is 2. The Morgan fingerprint density at radius 1 is 1.11 bits per heavy atom. The molecular formula is C27H28FN3O4. The van der Waals surface area contributed by atoms with Gasteiger partial charge in [-0.05, 0) is 55.8 Å². The zero-order chi connectivity index (χ0) is 24.7. The van der Waals surface area contributed by atoms with E-state index >= 15 is 0 Å². The van der Waals surface area contributed by atoms with Gasteiger partial charge in [0.25, 0.3) is 11.8 Å². The number of nitrogens with one attached hydrogen (secondary N) is 1. The molecule has 2 amide bonds. The first kappa shape index (κ1) is 23.3. The first-order chi connectivity index (χ1) is 16.8. The number of benzene rings is 2. The molecule has 3 aliphatic heterocycles. The number of halogens is 1. The Hall–Kier alpha value is -3.49. The number of aliphatic hydroxyl groups is 1. The molecule has 3 aliphatic rings. The quantitative estimate of drug-likeness (QED) is 0.662. The van der Waals surface area contributed by atoms with Crippen LogP contribution in [0.5, 0.6) is 0 Å². The number of anilines is 1. The van der Waals surface area contributed by atoms with Gasteiger partial charge in [0.05, 0.1) is 17.9 Å². The Morgan fingerprint density at radius 2 is 1.83 bits per heavy atom. The number of carbonyl (C=O) groups is 2. The fraction of sp³-hybridized carbons (Fsp3) is 0.333. The van der Waals surface area contributed by atoms with E-state index in [9.17, 15) is 14.0 Å². The van der Waals surface area contributed by atoms with Gasteiger partial charge in [-0.1, -0.05) is 12.1 Å². The second kappa shape index (κ2) is 8.94. The van der Waals surface area contributed by atoms with Crippen molar-refractivity contribution in [3.05, 3.63) is 76.8 Å². The molecule has 7 nitrogen and oxygen atoms in total. The number of piperazine rings is 1. The molecule has 8 heteroatoms. The average Bonchev–Trinajstić information content (AvgIpc) is 3.33. The van der Waals surface area contributed by atoms with Crippen molar-refractivity contribution in [1.82, 2.24) is 9.80 Å². The maximum absolute atomic E-state index is 13.6. The van der Waals surface area contributed by atoms with Gasteiger partial charge in [-0.25, -0.2) is 4.39 Å². The van der Waals surface area contributed by atoms with Crippen LogP contribution in [0.25, 0.3) is 11.1 Å². The summed E-state index contributed by atoms with van der Waals surface area (Å²) in [6.07, 6.45) is 1.85. The molecule has 0 spiro atoms. The minimum absolute atomic E-state index is 0.00890. The molecule has 2 aromatic carbocycles. The number of allylic oxidation sites excluding steroid dienone is 1. The van der Waals surface area contributed by atoms with Gasteiger partial charge in [0.2, 0.25) is 0 Å². The van der Waals surface area contributed by atoms with Gasteiger partial charge in [0, 0.05) is 49.4 Å². The summed E-state index contributed by atoms with van der Waals surface area (Å²) < 4.78 is 19.8. The number of hydrogen-bond donors (Lipinski definition) is 2. The number of rotatable bonds is 4. The maximum Gasteiger partial charge on any atom is 0.260 e. The standard InChI is InChI=1S/C27H28FN3O4/c1-27(2)21(16-23(35-27)24-20-8-7-19(28)15-22(20)29-25(24)33)17-3-5-18(6-4-17)26(34)31-11-9-30(10-12-31)13-14-32/h3-8,15-16,32H,9-14H2,1-2H3,(H,29,33)/b24-23+. The molecule has 2 N–H and O–H groups in total. The Labute approximate surface area is 203 Å². The Bertz CT molecular complexity index is 1240. The third kappa shape index (κ3) is 4.35. The minimum Gasteiger partial charge on any atom is -0.482 e. The highest BCUT2D eigenvalue weighted by atomic mass is 19.1. The van der Waals surface area contributed by atoms with Crippen LogP contribution in [0.2, 0.25) is 0 Å². The number of β-amino-alcohol motifs (C(OH)–C–C–N with tert-alkyl or cyclic N) is 1. The average molecular weight is 478 g/mol. The van der Waals surface area contributed by atoms with E-state index in [1.54, 1.807) is 6.07 Å². The molecule has 2 aromatic rings. The van der Waals surface area contributed by atoms with E-state index in [2.05, 4.69) is 10.2 Å². The third-order valence-electron chi connectivity index (χ3n) is 6.78. The first-order valence-electron chi connectivity index (χ1n) is 11.8. The Balaban J connectivity index is 1.39. The number of amides is 2. The van der Waals surface area contributed by atoms with Crippen LogP contribution in [0.1, 0.15) is 35.3 Å². The smallest absolute Gasteiger partial charge is 0.260 e. The lowest BCUT2D eigenvalue weighted by molar-refractivity contribution is -0.111. The molecule has 3 heterocycles. The lowest BCUT2D eigenvalue weighted by Gasteiger charge is -2.34. The molecule has 0 saturated carbocycles. The molecule has 1 fully saturated rings. The summed E-state index contributed by atoms with van der Waals surface area (Å²) in [7, 11) is 0. The maximum atomic E-state index is 13.6. The van der Waals surface area contributed by atoms with Gasteiger partial charge in [-0.15, -0.1) is 0 Å². The van der Waals surface area contributed by atoms with Gasteiger partial charge < -0.3 is 20.1 Å². The molecule has 0 bridgehead atoms. The van der Waals surface area contributed by atoms with Crippen LogP contribution >= 0.6 is 0 Å². The second-order valence-corrected chi connectivity index (χ2v) is 9.49. The Morgan fingerprint density at radius 3 is 2.51 bits per heavy atom. The summed E-state index contributed by atoms with van der Waals surface area (Å²) in [4.78, 5) is 29.6. The zero-order valence-electron chi connectivity index (χ0n) is 19.8. The topological polar surface area (TPSA) is 82.1 Å². The predicted molar refractivity (Wildman–Crippen MR) is 131 cm³/mol. The lowest BCUT2D eigenvalue weighted by Crippen LogP contribution is -2.49. The van der Waals surface area contributed by atoms with Gasteiger partial charge in [-0.3, -0.25) is 14.5 Å². The second-order valence-electron chi connectivity index (χ2n) is 9.49. The molecule has 0 aromatic heterocycles. The van der Waals surface area contributed by atoms with Crippen molar-refractivity contribution in [2.24, 2.45) is 0 Å². The van der Waals surface area contributed by atoms with Crippen molar-refractivity contribution in [3.8, 4) is 0 Å². The largest absolute Gasteiger partial charge is 0.482 e. The SMILES string of the molecule is CC1(C)O/C(=C2/C(=O)Nc3cc(F)ccc32)C=C1c1ccc(C(=O)N2CCN(CCO)CC2)cc1. The lowest BCUT2D eigenvalue weighted by atomic mass is 9.91. The molecule has 35 heavy (non-hydrogen) atoms. The van der Waals surface area contributed by atoms with E-state index in [4.69, 9.17) is 9.84 Å². The summed E-state index contributed by atoms with van der Waals surface area (Å²) in [6, 6.07) is 11.6. The molecule has 5 rings (SSSR count). The van der Waals surface area contributed by atoms with Gasteiger partial charge in [-0.2, -0.15) is 0 Å². The number of hydrogen-bond acceptors (Lipinski definition) is 5. The van der Waals surface area contributed by atoms with Crippen LogP contribution < -0.4 is 5.32 Å². The molecule has 182 valence electrons. The summed E-state index contributed by atoms with van der Waals surface area (Å²) in [5.74, 6) is -0.311. The molecular weight excluding hydrogens is 449 g/mol. The molecule has 0 aliphatic carbocycles. The van der Waals surface area contributed by atoms with Crippen LogP contribution in [0, 0.1) is 5.82 Å². The Kier molecular flexibility index (Phi) is 5.94. The van der Waals surface area contributed by atoms with E-state index in [1.807, 2.05) is 49.1 Å². The van der Waals surface area contributed by atoms with E-state index in [0.29, 0.717) is 47.8 Å². The predicted octanol–water partition coefficient (Wildman–Crippen LogP) is 3.13. The van der Waals surface area contributed by atoms with Crippen molar-refractivity contribution < 1.29 is 23.8 Å². The molecule has 0 atom stereocenters. The van der Waals surface area contributed by atoms with Gasteiger partial charge in [0.15, 0.2) is 0 Å². The van der Waals surface area contributed by atoms with Crippen LogP contribution in [-0.2, 0) is 9.53 Å². The highest BCUT2D eigenvalue weighted by molar-refractivity contribution is 6.32. The van der Waals surface area contributed by atoms with Crippen molar-refractivity contribution in [2.45, 2.75) is 19.4 Å². The summed E-state index contributed by atoms with van der Waals surface area (Å²) in [6.45, 7) is 7.39. The normalized spacial score (nSPS) is 21.4. The summed E-state index contributed by atoms with van der Waals surface area (Å²) in [5, 5.41) is 11.8. The number of aliphatic hydroxyl groups excluding tert-OH is 1. The third-order valence-corrected chi connectivity index (χ3v) is 6.78. The van der Waals surface area contributed by atoms with E-state index in [0.717, 1.165) is 24.2 Å². The number of ether oxygens (including phenoxy) is 1. The van der Waals surface area contributed by atoms with Crippen molar-refractivity contribution in [2.75, 3.05) is 44.6 Å². The molecule has 0 radical (unpaired) electrons. The van der Waals surface area contributed by atoms with Crippen LogP contribution in [-0.4, -0.2) is 71.7 Å². The highest BCUT2D eigenvalue weighted by Crippen LogP contribution is 2.44. The van der Waals surface area contributed by atoms with E-state index < -0.39 is 11.4 Å². The molecule has 1 saturated heterocycles. The van der Waals surface area contributed by atoms with Crippen LogP contribution in [0.4, 0.5) is 10.1 Å². The number of fused-ring (bicyclic) bond motifs is 1. The van der Waals surface area contributed by atoms with E-state index in [1.165, 1.54) is 12.1 Å². The monoisotopic (exact) mass is 477 g/mol. The van der Waals surface area contributed by atoms with Crippen molar-refractivity contribution in [1.29, 1.82) is 0 Å². The van der Waals surface area contributed by atoms with Crippen LogP contribution in [0.15, 0.2) is 54.3 Å².